The van der Waals surface area contributed by atoms with Crippen LogP contribution in [0.1, 0.15) is 20.8 Å². The molecule has 4 aromatic rings. The lowest BCUT2D eigenvalue weighted by atomic mass is 10.1. The topological polar surface area (TPSA) is 87.7 Å². The number of benzene rings is 2. The molecule has 0 bridgehead atoms. The fourth-order valence-corrected chi connectivity index (χ4v) is 5.63. The summed E-state index contributed by atoms with van der Waals surface area (Å²) in [5.74, 6) is -0.898. The van der Waals surface area contributed by atoms with Crippen LogP contribution in [0.3, 0.4) is 0 Å². The molecular weight excluding hydrogens is 489 g/mol. The van der Waals surface area contributed by atoms with E-state index in [1.807, 2.05) is 25.1 Å². The Morgan fingerprint density at radius 2 is 2.03 bits per heavy atom. The summed E-state index contributed by atoms with van der Waals surface area (Å²) in [5, 5.41) is 3.55. The molecule has 8 nitrogen and oxygen atoms in total. The summed E-state index contributed by atoms with van der Waals surface area (Å²) in [6.45, 7) is 0.866. The molecule has 0 aliphatic carbocycles. The zero-order chi connectivity index (χ0) is 24.5. The zero-order valence-corrected chi connectivity index (χ0v) is 20.7. The number of hydrogen-bond donors (Lipinski definition) is 1. The van der Waals surface area contributed by atoms with Crippen LogP contribution >= 0.6 is 22.7 Å². The second-order valence-corrected chi connectivity index (χ2v) is 9.95. The minimum Gasteiger partial charge on any atom is -0.355 e. The van der Waals surface area contributed by atoms with E-state index in [-0.39, 0.29) is 29.9 Å². The summed E-state index contributed by atoms with van der Waals surface area (Å²) >= 11 is 2.77. The average molecular weight is 512 g/mol. The average Bonchev–Trinajstić information content (AvgIpc) is 3.61. The molecule has 5 rings (SSSR count). The van der Waals surface area contributed by atoms with Crippen molar-refractivity contribution in [2.45, 2.75) is 6.23 Å². The Morgan fingerprint density at radius 3 is 2.80 bits per heavy atom. The molecule has 2 amide bonds. The monoisotopic (exact) mass is 511 g/mol. The van der Waals surface area contributed by atoms with Crippen molar-refractivity contribution in [3.05, 3.63) is 65.0 Å². The summed E-state index contributed by atoms with van der Waals surface area (Å²) in [7, 11) is 3.70. The molecule has 1 aliphatic rings. The number of nitrogens with one attached hydrogen (secondary N) is 1. The zero-order valence-electron chi connectivity index (χ0n) is 19.0. The maximum atomic E-state index is 13.6. The quantitative estimate of drug-likeness (QED) is 0.423. The van der Waals surface area contributed by atoms with Gasteiger partial charge >= 0.3 is 0 Å². The summed E-state index contributed by atoms with van der Waals surface area (Å²) in [6, 6.07) is 11.4. The maximum Gasteiger partial charge on any atom is 0.276 e. The normalized spacial score (nSPS) is 15.5. The van der Waals surface area contributed by atoms with E-state index in [0.717, 1.165) is 10.2 Å². The van der Waals surface area contributed by atoms with Gasteiger partial charge in [-0.25, -0.2) is 14.4 Å². The number of nitrogens with zero attached hydrogens (tertiary/aromatic N) is 4. The first kappa shape index (κ1) is 23.3. The molecule has 1 saturated heterocycles. The summed E-state index contributed by atoms with van der Waals surface area (Å²) in [5.41, 5.74) is 4.00. The molecule has 180 valence electrons. The molecule has 2 aromatic heterocycles. The molecule has 35 heavy (non-hydrogen) atoms. The molecule has 1 N–H and O–H groups in total. The van der Waals surface area contributed by atoms with Gasteiger partial charge in [-0.1, -0.05) is 29.5 Å². The third kappa shape index (κ3) is 4.62. The predicted octanol–water partition coefficient (Wildman–Crippen LogP) is 3.85. The first-order valence-electron chi connectivity index (χ1n) is 10.9. The van der Waals surface area contributed by atoms with Gasteiger partial charge in [0.15, 0.2) is 5.13 Å². The van der Waals surface area contributed by atoms with Gasteiger partial charge in [0.05, 0.1) is 39.3 Å². The highest BCUT2D eigenvalue weighted by Crippen LogP contribution is 2.35. The number of fused-ring (bicyclic) bond motifs is 1. The van der Waals surface area contributed by atoms with Crippen LogP contribution in [0.2, 0.25) is 0 Å². The van der Waals surface area contributed by atoms with Gasteiger partial charge in [0, 0.05) is 20.6 Å². The smallest absolute Gasteiger partial charge is 0.276 e. The second kappa shape index (κ2) is 9.68. The number of halogens is 1. The van der Waals surface area contributed by atoms with Crippen molar-refractivity contribution >= 4 is 49.8 Å². The molecule has 1 unspecified atom stereocenters. The molecule has 0 saturated carbocycles. The van der Waals surface area contributed by atoms with Crippen LogP contribution < -0.4 is 10.2 Å². The molecule has 0 spiro atoms. The number of carbonyl (C=O) groups excluding carboxylic acids is 2. The SMILES string of the molecule is CN(C)c1nc(C(=O)N2CCOC2CNC(=O)c2cccc3ncsc23)c(-c2ccc(F)cc2)s1. The van der Waals surface area contributed by atoms with Gasteiger partial charge in [0.1, 0.15) is 17.7 Å². The van der Waals surface area contributed by atoms with Crippen LogP contribution in [-0.4, -0.2) is 66.7 Å². The number of carbonyl (C=O) groups is 2. The first-order chi connectivity index (χ1) is 16.9. The number of hydrogen-bond acceptors (Lipinski definition) is 8. The van der Waals surface area contributed by atoms with Gasteiger partial charge in [-0.2, -0.15) is 0 Å². The van der Waals surface area contributed by atoms with Crippen molar-refractivity contribution in [1.29, 1.82) is 0 Å². The molecule has 2 aromatic carbocycles. The molecular formula is C24H22FN5O3S2. The molecule has 0 radical (unpaired) electrons. The van der Waals surface area contributed by atoms with E-state index in [1.54, 1.807) is 34.7 Å². The molecule has 1 fully saturated rings. The van der Waals surface area contributed by atoms with E-state index in [1.165, 1.54) is 34.8 Å². The van der Waals surface area contributed by atoms with Crippen molar-refractivity contribution < 1.29 is 18.7 Å². The molecule has 3 heterocycles. The van der Waals surface area contributed by atoms with Crippen LogP contribution in [-0.2, 0) is 4.74 Å². The first-order valence-corrected chi connectivity index (χ1v) is 12.6. The van der Waals surface area contributed by atoms with E-state index in [9.17, 15) is 14.0 Å². The van der Waals surface area contributed by atoms with E-state index in [2.05, 4.69) is 15.3 Å². The Bertz CT molecular complexity index is 1390. The van der Waals surface area contributed by atoms with Crippen molar-refractivity contribution in [1.82, 2.24) is 20.2 Å². The van der Waals surface area contributed by atoms with E-state index >= 15 is 0 Å². The lowest BCUT2D eigenvalue weighted by Crippen LogP contribution is -2.44. The largest absolute Gasteiger partial charge is 0.355 e. The van der Waals surface area contributed by atoms with Crippen molar-refractivity contribution in [3.63, 3.8) is 0 Å². The van der Waals surface area contributed by atoms with Crippen molar-refractivity contribution in [2.24, 2.45) is 0 Å². The highest BCUT2D eigenvalue weighted by atomic mass is 32.1. The molecule has 1 atom stereocenters. The third-order valence-corrected chi connectivity index (χ3v) is 7.74. The van der Waals surface area contributed by atoms with Crippen LogP contribution in [0.15, 0.2) is 48.0 Å². The second-order valence-electron chi connectivity index (χ2n) is 8.12. The Labute approximate surface area is 209 Å². The summed E-state index contributed by atoms with van der Waals surface area (Å²) in [6.07, 6.45) is -0.627. The van der Waals surface area contributed by atoms with Gasteiger partial charge in [-0.15, -0.1) is 11.3 Å². The Morgan fingerprint density at radius 1 is 1.23 bits per heavy atom. The fourth-order valence-electron chi connectivity index (χ4n) is 3.84. The van der Waals surface area contributed by atoms with Gasteiger partial charge in [-0.05, 0) is 29.8 Å². The summed E-state index contributed by atoms with van der Waals surface area (Å²) in [4.78, 5) is 39.3. The maximum absolute atomic E-state index is 13.6. The van der Waals surface area contributed by atoms with Crippen LogP contribution in [0.5, 0.6) is 0 Å². The van der Waals surface area contributed by atoms with E-state index in [4.69, 9.17) is 4.74 Å². The Kier molecular flexibility index (Phi) is 6.46. The third-order valence-electron chi connectivity index (χ3n) is 5.60. The van der Waals surface area contributed by atoms with Crippen molar-refractivity contribution in [2.75, 3.05) is 38.7 Å². The number of rotatable bonds is 6. The minimum atomic E-state index is -0.627. The number of amides is 2. The standard InChI is InChI=1S/C24H22FN5O3S2/c1-29(2)24-28-19(20(35-24)14-6-8-15(25)9-7-14)23(32)30-10-11-33-18(30)12-26-22(31)16-4-3-5-17-21(16)34-13-27-17/h3-9,13,18H,10-12H2,1-2H3,(H,26,31). The minimum absolute atomic E-state index is 0.135. The number of thiazole rings is 2. The van der Waals surface area contributed by atoms with Crippen LogP contribution in [0.25, 0.3) is 20.7 Å². The van der Waals surface area contributed by atoms with Gasteiger partial charge in [0.25, 0.3) is 11.8 Å². The fraction of sp³-hybridized carbons (Fsp3) is 0.250. The van der Waals surface area contributed by atoms with E-state index in [0.29, 0.717) is 34.3 Å². The number of aromatic nitrogens is 2. The number of anilines is 1. The van der Waals surface area contributed by atoms with Gasteiger partial charge < -0.3 is 19.9 Å². The summed E-state index contributed by atoms with van der Waals surface area (Å²) < 4.78 is 20.1. The lowest BCUT2D eigenvalue weighted by Gasteiger charge is -2.23. The Hall–Kier alpha value is -3.41. The molecule has 11 heteroatoms. The highest BCUT2D eigenvalue weighted by Gasteiger charge is 2.34. The predicted molar refractivity (Wildman–Crippen MR) is 135 cm³/mol. The van der Waals surface area contributed by atoms with Crippen LogP contribution in [0.4, 0.5) is 9.52 Å². The molecule has 1 aliphatic heterocycles. The van der Waals surface area contributed by atoms with E-state index < -0.39 is 6.23 Å². The van der Waals surface area contributed by atoms with Gasteiger partial charge in [0.2, 0.25) is 0 Å². The highest BCUT2D eigenvalue weighted by molar-refractivity contribution is 7.19. The number of ether oxygens (including phenoxy) is 1. The van der Waals surface area contributed by atoms with Crippen molar-refractivity contribution in [3.8, 4) is 10.4 Å². The van der Waals surface area contributed by atoms with Crippen LogP contribution in [0, 0.1) is 5.82 Å². The Balaban J connectivity index is 1.36. The lowest BCUT2D eigenvalue weighted by molar-refractivity contribution is 0.0277. The van der Waals surface area contributed by atoms with Gasteiger partial charge in [-0.3, -0.25) is 9.59 Å².